The first-order chi connectivity index (χ1) is 6.97. The highest BCUT2D eigenvalue weighted by Gasteiger charge is 2.16. The number of halogens is 1. The van der Waals surface area contributed by atoms with Crippen LogP contribution in [0.2, 0.25) is 5.02 Å². The minimum atomic E-state index is -0.0324. The predicted molar refractivity (Wildman–Crippen MR) is 64.7 cm³/mol. The summed E-state index contributed by atoms with van der Waals surface area (Å²) in [6.07, 6.45) is 0. The highest BCUT2D eigenvalue weighted by molar-refractivity contribution is 6.30. The van der Waals surface area contributed by atoms with Crippen LogP contribution in [0.5, 0.6) is 5.75 Å². The summed E-state index contributed by atoms with van der Waals surface area (Å²) in [5.41, 5.74) is 8.14. The first-order valence-corrected chi connectivity index (χ1v) is 5.48. The van der Waals surface area contributed by atoms with Crippen LogP contribution >= 0.6 is 11.6 Å². The number of ether oxygens (including phenoxy) is 1. The molecule has 1 atom stereocenters. The van der Waals surface area contributed by atoms with Crippen LogP contribution in [0.3, 0.4) is 0 Å². The molecule has 3 heteroatoms. The average Bonchev–Trinajstić information content (AvgIpc) is 2.15. The Hall–Kier alpha value is -0.730. The van der Waals surface area contributed by atoms with E-state index in [4.69, 9.17) is 22.1 Å². The second-order valence-corrected chi connectivity index (χ2v) is 4.49. The molecule has 0 radical (unpaired) electrons. The predicted octanol–water partition coefficient (Wildman–Crippen LogP) is 3.49. The van der Waals surface area contributed by atoms with Crippen LogP contribution in [0.25, 0.3) is 0 Å². The molecule has 0 aliphatic heterocycles. The van der Waals surface area contributed by atoms with Crippen LogP contribution in [0.15, 0.2) is 12.1 Å². The van der Waals surface area contributed by atoms with Gasteiger partial charge in [0.25, 0.3) is 0 Å². The van der Waals surface area contributed by atoms with E-state index >= 15 is 0 Å². The maximum absolute atomic E-state index is 6.01. The van der Waals surface area contributed by atoms with E-state index in [1.54, 1.807) is 7.11 Å². The van der Waals surface area contributed by atoms with E-state index < -0.39 is 0 Å². The third kappa shape index (κ3) is 2.64. The summed E-state index contributed by atoms with van der Waals surface area (Å²) < 4.78 is 5.34. The van der Waals surface area contributed by atoms with Crippen molar-refractivity contribution >= 4 is 11.6 Å². The Morgan fingerprint density at radius 1 is 1.27 bits per heavy atom. The molecule has 2 N–H and O–H groups in total. The molecule has 1 aromatic carbocycles. The molecule has 0 bridgehead atoms. The lowest BCUT2D eigenvalue weighted by molar-refractivity contribution is 0.406. The van der Waals surface area contributed by atoms with Gasteiger partial charge in [0.15, 0.2) is 0 Å². The lowest BCUT2D eigenvalue weighted by atomic mass is 9.92. The van der Waals surface area contributed by atoms with Crippen molar-refractivity contribution in [1.29, 1.82) is 0 Å². The van der Waals surface area contributed by atoms with Gasteiger partial charge in [-0.05, 0) is 30.5 Å². The smallest absolute Gasteiger partial charge is 0.124 e. The largest absolute Gasteiger partial charge is 0.496 e. The molecule has 0 aliphatic rings. The molecule has 1 aromatic rings. The van der Waals surface area contributed by atoms with Gasteiger partial charge >= 0.3 is 0 Å². The molecule has 0 spiro atoms. The molecule has 84 valence electrons. The van der Waals surface area contributed by atoms with Crippen LogP contribution in [0, 0.1) is 0 Å². The zero-order valence-corrected chi connectivity index (χ0v) is 10.4. The summed E-state index contributed by atoms with van der Waals surface area (Å²) in [7, 11) is 1.66. The highest BCUT2D eigenvalue weighted by atomic mass is 35.5. The van der Waals surface area contributed by atoms with Gasteiger partial charge in [-0.15, -0.1) is 0 Å². The van der Waals surface area contributed by atoms with E-state index in [9.17, 15) is 0 Å². The first kappa shape index (κ1) is 12.3. The zero-order chi connectivity index (χ0) is 11.6. The van der Waals surface area contributed by atoms with E-state index in [2.05, 4.69) is 13.8 Å². The van der Waals surface area contributed by atoms with Crippen molar-refractivity contribution in [2.75, 3.05) is 7.11 Å². The highest BCUT2D eigenvalue weighted by Crippen LogP contribution is 2.35. The first-order valence-electron chi connectivity index (χ1n) is 5.10. The standard InChI is InChI=1S/C12H18ClNO/c1-7(2)12-10(8(3)14)5-9(13)6-11(12)15-4/h5-8H,14H2,1-4H3. The van der Waals surface area contributed by atoms with Crippen molar-refractivity contribution in [3.63, 3.8) is 0 Å². The third-order valence-electron chi connectivity index (χ3n) is 2.43. The normalized spacial score (nSPS) is 13.0. The quantitative estimate of drug-likeness (QED) is 0.858. The fourth-order valence-electron chi connectivity index (χ4n) is 1.78. The lowest BCUT2D eigenvalue weighted by Gasteiger charge is -2.19. The van der Waals surface area contributed by atoms with Crippen molar-refractivity contribution in [3.8, 4) is 5.75 Å². The number of hydrogen-bond acceptors (Lipinski definition) is 2. The molecule has 15 heavy (non-hydrogen) atoms. The molecule has 0 aromatic heterocycles. The zero-order valence-electron chi connectivity index (χ0n) is 9.67. The molecule has 0 saturated carbocycles. The van der Waals surface area contributed by atoms with Crippen LogP contribution in [0.4, 0.5) is 0 Å². The minimum Gasteiger partial charge on any atom is -0.496 e. The summed E-state index contributed by atoms with van der Waals surface area (Å²) in [5.74, 6) is 1.20. The van der Waals surface area contributed by atoms with E-state index in [-0.39, 0.29) is 6.04 Å². The second-order valence-electron chi connectivity index (χ2n) is 4.05. The van der Waals surface area contributed by atoms with Gasteiger partial charge in [0.2, 0.25) is 0 Å². The fourth-order valence-corrected chi connectivity index (χ4v) is 1.99. The Morgan fingerprint density at radius 2 is 1.87 bits per heavy atom. The van der Waals surface area contributed by atoms with E-state index in [0.717, 1.165) is 16.9 Å². The number of methoxy groups -OCH3 is 1. The maximum atomic E-state index is 6.01. The molecule has 1 rings (SSSR count). The summed E-state index contributed by atoms with van der Waals surface area (Å²) >= 11 is 6.01. The summed E-state index contributed by atoms with van der Waals surface area (Å²) in [4.78, 5) is 0. The van der Waals surface area contributed by atoms with E-state index in [1.165, 1.54) is 0 Å². The molecule has 0 amide bonds. The Morgan fingerprint density at radius 3 is 2.27 bits per heavy atom. The number of benzene rings is 1. The summed E-state index contributed by atoms with van der Waals surface area (Å²) in [5, 5.41) is 0.670. The number of rotatable bonds is 3. The molecular weight excluding hydrogens is 210 g/mol. The van der Waals surface area contributed by atoms with Crippen LogP contribution in [0.1, 0.15) is 43.9 Å². The van der Waals surface area contributed by atoms with Crippen molar-refractivity contribution in [2.45, 2.75) is 32.7 Å². The monoisotopic (exact) mass is 227 g/mol. The van der Waals surface area contributed by atoms with Gasteiger partial charge in [-0.3, -0.25) is 0 Å². The van der Waals surface area contributed by atoms with Gasteiger partial charge in [-0.25, -0.2) is 0 Å². The SMILES string of the molecule is COc1cc(Cl)cc(C(C)N)c1C(C)C. The molecule has 0 heterocycles. The molecule has 0 aliphatic carbocycles. The topological polar surface area (TPSA) is 35.2 Å². The van der Waals surface area contributed by atoms with Crippen LogP contribution in [-0.4, -0.2) is 7.11 Å². The molecule has 0 saturated heterocycles. The third-order valence-corrected chi connectivity index (χ3v) is 2.64. The van der Waals surface area contributed by atoms with E-state index in [0.29, 0.717) is 10.9 Å². The van der Waals surface area contributed by atoms with Gasteiger partial charge in [-0.2, -0.15) is 0 Å². The number of nitrogens with two attached hydrogens (primary N) is 1. The van der Waals surface area contributed by atoms with Crippen molar-refractivity contribution < 1.29 is 4.74 Å². The Balaban J connectivity index is 3.40. The number of hydrogen-bond donors (Lipinski definition) is 1. The molecule has 2 nitrogen and oxygen atoms in total. The van der Waals surface area contributed by atoms with Gasteiger partial charge in [0.05, 0.1) is 7.11 Å². The Labute approximate surface area is 96.4 Å². The molecule has 1 unspecified atom stereocenters. The average molecular weight is 228 g/mol. The Kier molecular flexibility index (Phi) is 4.00. The lowest BCUT2D eigenvalue weighted by Crippen LogP contribution is -2.10. The second kappa shape index (κ2) is 4.86. The minimum absolute atomic E-state index is 0.0324. The van der Waals surface area contributed by atoms with Crippen LogP contribution < -0.4 is 10.5 Å². The van der Waals surface area contributed by atoms with Crippen molar-refractivity contribution in [3.05, 3.63) is 28.3 Å². The summed E-state index contributed by atoms with van der Waals surface area (Å²) in [6, 6.07) is 3.72. The van der Waals surface area contributed by atoms with E-state index in [1.807, 2.05) is 19.1 Å². The van der Waals surface area contributed by atoms with Crippen LogP contribution in [-0.2, 0) is 0 Å². The van der Waals surface area contributed by atoms with Gasteiger partial charge in [0, 0.05) is 16.6 Å². The Bertz CT molecular complexity index is 348. The maximum Gasteiger partial charge on any atom is 0.124 e. The van der Waals surface area contributed by atoms with Crippen molar-refractivity contribution in [2.24, 2.45) is 5.73 Å². The van der Waals surface area contributed by atoms with Gasteiger partial charge in [-0.1, -0.05) is 25.4 Å². The molecular formula is C12H18ClNO. The van der Waals surface area contributed by atoms with Crippen molar-refractivity contribution in [1.82, 2.24) is 0 Å². The van der Waals surface area contributed by atoms with Gasteiger partial charge < -0.3 is 10.5 Å². The summed E-state index contributed by atoms with van der Waals surface area (Å²) in [6.45, 7) is 6.20. The van der Waals surface area contributed by atoms with Gasteiger partial charge in [0.1, 0.15) is 5.75 Å². The molecule has 0 fully saturated rings. The fraction of sp³-hybridized carbons (Fsp3) is 0.500.